The van der Waals surface area contributed by atoms with Crippen LogP contribution in [-0.2, 0) is 6.54 Å². The van der Waals surface area contributed by atoms with E-state index in [1.165, 1.54) is 31.5 Å². The van der Waals surface area contributed by atoms with E-state index in [1.54, 1.807) is 0 Å². The number of benzene rings is 1. The summed E-state index contributed by atoms with van der Waals surface area (Å²) in [6.45, 7) is 13.3. The SMILES string of the molecule is CCNC(=NCC1CCCN(CC)C1)N(C)Cc1ccc(OCC)cc1. The number of hydrogen-bond acceptors (Lipinski definition) is 3. The molecule has 0 radical (unpaired) electrons. The van der Waals surface area contributed by atoms with Crippen LogP contribution >= 0.6 is 0 Å². The van der Waals surface area contributed by atoms with Crippen LogP contribution in [0.15, 0.2) is 29.3 Å². The van der Waals surface area contributed by atoms with E-state index >= 15 is 0 Å². The average Bonchev–Trinajstić information content (AvgIpc) is 2.67. The predicted molar refractivity (Wildman–Crippen MR) is 110 cm³/mol. The van der Waals surface area contributed by atoms with E-state index in [0.29, 0.717) is 12.5 Å². The summed E-state index contributed by atoms with van der Waals surface area (Å²) in [6.07, 6.45) is 2.59. The summed E-state index contributed by atoms with van der Waals surface area (Å²) >= 11 is 0. The number of ether oxygens (including phenoxy) is 1. The van der Waals surface area contributed by atoms with E-state index in [-0.39, 0.29) is 0 Å². The zero-order chi connectivity index (χ0) is 18.8. The molecule has 1 atom stereocenters. The molecule has 1 aliphatic rings. The number of rotatable bonds is 8. The Morgan fingerprint density at radius 2 is 2.04 bits per heavy atom. The molecule has 0 spiro atoms. The van der Waals surface area contributed by atoms with Crippen LogP contribution < -0.4 is 10.1 Å². The molecule has 0 saturated carbocycles. The second-order valence-electron chi connectivity index (χ2n) is 7.03. The van der Waals surface area contributed by atoms with Crippen molar-refractivity contribution >= 4 is 5.96 Å². The fourth-order valence-corrected chi connectivity index (χ4v) is 3.48. The molecule has 1 heterocycles. The number of aliphatic imine (C=N–C) groups is 1. The van der Waals surface area contributed by atoms with Crippen LogP contribution in [-0.4, -0.2) is 62.1 Å². The van der Waals surface area contributed by atoms with E-state index in [0.717, 1.165) is 37.9 Å². The van der Waals surface area contributed by atoms with Gasteiger partial charge in [0, 0.05) is 33.2 Å². The number of guanidine groups is 1. The van der Waals surface area contributed by atoms with Crippen molar-refractivity contribution in [3.63, 3.8) is 0 Å². The maximum atomic E-state index is 5.52. The largest absolute Gasteiger partial charge is 0.494 e. The van der Waals surface area contributed by atoms with Gasteiger partial charge in [-0.3, -0.25) is 4.99 Å². The molecule has 1 aromatic carbocycles. The third-order valence-electron chi connectivity index (χ3n) is 4.90. The molecule has 1 saturated heterocycles. The van der Waals surface area contributed by atoms with Gasteiger partial charge in [-0.1, -0.05) is 19.1 Å². The Morgan fingerprint density at radius 1 is 1.27 bits per heavy atom. The number of likely N-dealkylation sites (tertiary alicyclic amines) is 1. The molecule has 0 aliphatic carbocycles. The van der Waals surface area contributed by atoms with Gasteiger partial charge in [-0.05, 0) is 63.4 Å². The highest BCUT2D eigenvalue weighted by atomic mass is 16.5. The van der Waals surface area contributed by atoms with Gasteiger partial charge in [0.1, 0.15) is 5.75 Å². The van der Waals surface area contributed by atoms with Crippen LogP contribution in [0.3, 0.4) is 0 Å². The number of hydrogen-bond donors (Lipinski definition) is 1. The fourth-order valence-electron chi connectivity index (χ4n) is 3.48. The zero-order valence-corrected chi connectivity index (χ0v) is 17.0. The van der Waals surface area contributed by atoms with Gasteiger partial charge < -0.3 is 19.9 Å². The topological polar surface area (TPSA) is 40.1 Å². The molecule has 0 aromatic heterocycles. The lowest BCUT2D eigenvalue weighted by atomic mass is 9.98. The first-order valence-corrected chi connectivity index (χ1v) is 10.1. The van der Waals surface area contributed by atoms with Gasteiger partial charge in [0.25, 0.3) is 0 Å². The number of nitrogens with zero attached hydrogens (tertiary/aromatic N) is 3. The summed E-state index contributed by atoms with van der Waals surface area (Å²) in [5.74, 6) is 2.60. The molecule has 0 bridgehead atoms. The van der Waals surface area contributed by atoms with E-state index in [4.69, 9.17) is 9.73 Å². The minimum Gasteiger partial charge on any atom is -0.494 e. The molecule has 1 unspecified atom stereocenters. The highest BCUT2D eigenvalue weighted by molar-refractivity contribution is 5.79. The molecular weight excluding hydrogens is 324 g/mol. The molecule has 5 nitrogen and oxygen atoms in total. The van der Waals surface area contributed by atoms with Crippen LogP contribution in [0.5, 0.6) is 5.75 Å². The van der Waals surface area contributed by atoms with Crippen LogP contribution in [0.2, 0.25) is 0 Å². The zero-order valence-electron chi connectivity index (χ0n) is 17.0. The standard InChI is InChI=1S/C21H36N4O/c1-5-22-21(23-15-19-9-8-14-25(6-2)17-19)24(4)16-18-10-12-20(13-11-18)26-7-3/h10-13,19H,5-9,14-17H2,1-4H3,(H,22,23). The lowest BCUT2D eigenvalue weighted by molar-refractivity contribution is 0.186. The molecule has 146 valence electrons. The van der Waals surface area contributed by atoms with Gasteiger partial charge in [-0.2, -0.15) is 0 Å². The summed E-state index contributed by atoms with van der Waals surface area (Å²) in [6, 6.07) is 8.34. The molecule has 1 aliphatic heterocycles. The second kappa shape index (κ2) is 11.1. The summed E-state index contributed by atoms with van der Waals surface area (Å²) in [4.78, 5) is 9.68. The van der Waals surface area contributed by atoms with Gasteiger partial charge in [-0.15, -0.1) is 0 Å². The van der Waals surface area contributed by atoms with Crippen molar-refractivity contribution in [1.82, 2.24) is 15.1 Å². The first-order chi connectivity index (χ1) is 12.7. The summed E-state index contributed by atoms with van der Waals surface area (Å²) in [5.41, 5.74) is 1.26. The first-order valence-electron chi connectivity index (χ1n) is 10.1. The van der Waals surface area contributed by atoms with E-state index < -0.39 is 0 Å². The molecule has 1 N–H and O–H groups in total. The lowest BCUT2D eigenvalue weighted by Gasteiger charge is -2.31. The van der Waals surface area contributed by atoms with Crippen molar-refractivity contribution in [3.05, 3.63) is 29.8 Å². The van der Waals surface area contributed by atoms with Crippen molar-refractivity contribution < 1.29 is 4.74 Å². The molecule has 2 rings (SSSR count). The maximum absolute atomic E-state index is 5.52. The molecule has 0 amide bonds. The third kappa shape index (κ3) is 6.52. The Morgan fingerprint density at radius 3 is 2.69 bits per heavy atom. The Hall–Kier alpha value is -1.75. The van der Waals surface area contributed by atoms with E-state index in [9.17, 15) is 0 Å². The summed E-state index contributed by atoms with van der Waals surface area (Å²) < 4.78 is 5.52. The Labute approximate surface area is 159 Å². The van der Waals surface area contributed by atoms with Crippen molar-refractivity contribution in [2.45, 2.75) is 40.2 Å². The minimum atomic E-state index is 0.677. The van der Waals surface area contributed by atoms with E-state index in [1.807, 2.05) is 19.1 Å². The maximum Gasteiger partial charge on any atom is 0.193 e. The monoisotopic (exact) mass is 360 g/mol. The summed E-state index contributed by atoms with van der Waals surface area (Å²) in [5, 5.41) is 3.44. The van der Waals surface area contributed by atoms with Crippen molar-refractivity contribution in [2.24, 2.45) is 10.9 Å². The van der Waals surface area contributed by atoms with Gasteiger partial charge in [0.05, 0.1) is 6.61 Å². The van der Waals surface area contributed by atoms with Gasteiger partial charge in [-0.25, -0.2) is 0 Å². The van der Waals surface area contributed by atoms with Crippen molar-refractivity contribution in [3.8, 4) is 5.75 Å². The minimum absolute atomic E-state index is 0.677. The van der Waals surface area contributed by atoms with E-state index in [2.05, 4.69) is 48.1 Å². The number of piperidine rings is 1. The van der Waals surface area contributed by atoms with Gasteiger partial charge in [0.15, 0.2) is 5.96 Å². The molecule has 26 heavy (non-hydrogen) atoms. The van der Waals surface area contributed by atoms with Crippen LogP contribution in [0.1, 0.15) is 39.2 Å². The molecular formula is C21H36N4O. The smallest absolute Gasteiger partial charge is 0.193 e. The highest BCUT2D eigenvalue weighted by Gasteiger charge is 2.18. The van der Waals surface area contributed by atoms with Crippen LogP contribution in [0.25, 0.3) is 0 Å². The predicted octanol–water partition coefficient (Wildman–Crippen LogP) is 3.21. The van der Waals surface area contributed by atoms with Gasteiger partial charge in [0.2, 0.25) is 0 Å². The fraction of sp³-hybridized carbons (Fsp3) is 0.667. The van der Waals surface area contributed by atoms with Gasteiger partial charge >= 0.3 is 0 Å². The Balaban J connectivity index is 1.93. The van der Waals surface area contributed by atoms with Crippen molar-refractivity contribution in [1.29, 1.82) is 0 Å². The Bertz CT molecular complexity index is 543. The third-order valence-corrected chi connectivity index (χ3v) is 4.90. The number of nitrogens with one attached hydrogen (secondary N) is 1. The molecule has 1 aromatic rings. The molecule has 1 fully saturated rings. The highest BCUT2D eigenvalue weighted by Crippen LogP contribution is 2.17. The normalized spacial score (nSPS) is 18.6. The second-order valence-corrected chi connectivity index (χ2v) is 7.03. The van der Waals surface area contributed by atoms with Crippen molar-refractivity contribution in [2.75, 3.05) is 46.4 Å². The average molecular weight is 361 g/mol. The quantitative estimate of drug-likeness (QED) is 0.571. The lowest BCUT2D eigenvalue weighted by Crippen LogP contribution is -2.40. The van der Waals surface area contributed by atoms with Crippen LogP contribution in [0.4, 0.5) is 0 Å². The Kier molecular flexibility index (Phi) is 8.75. The summed E-state index contributed by atoms with van der Waals surface area (Å²) in [7, 11) is 2.11. The molecule has 5 heteroatoms. The van der Waals surface area contributed by atoms with Crippen LogP contribution in [0, 0.1) is 5.92 Å². The first kappa shape index (κ1) is 20.6.